The van der Waals surface area contributed by atoms with Crippen molar-refractivity contribution < 1.29 is 0 Å². The van der Waals surface area contributed by atoms with E-state index in [9.17, 15) is 0 Å². The average Bonchev–Trinajstić information content (AvgIpc) is 2.15. The molecule has 0 fully saturated rings. The normalized spacial score (nSPS) is 12.6. The number of aromatic nitrogens is 2. The first-order valence-electron chi connectivity index (χ1n) is 5.28. The Morgan fingerprint density at radius 3 is 2.67 bits per heavy atom. The summed E-state index contributed by atoms with van der Waals surface area (Å²) in [5.41, 5.74) is 0. The Labute approximate surface area is 100 Å². The van der Waals surface area contributed by atoms with E-state index in [1.807, 2.05) is 13.0 Å². The van der Waals surface area contributed by atoms with Gasteiger partial charge in [-0.05, 0) is 36.2 Å². The van der Waals surface area contributed by atoms with Crippen molar-refractivity contribution in [2.75, 3.05) is 11.9 Å². The van der Waals surface area contributed by atoms with Crippen LogP contribution in [0.15, 0.2) is 10.7 Å². The maximum Gasteiger partial charge on any atom is 0.133 e. The second-order valence-corrected chi connectivity index (χ2v) is 4.66. The lowest BCUT2D eigenvalue weighted by molar-refractivity contribution is 0.610. The second kappa shape index (κ2) is 5.45. The fraction of sp³-hybridized carbons (Fsp3) is 0.636. The lowest BCUT2D eigenvalue weighted by Gasteiger charge is -2.25. The van der Waals surface area contributed by atoms with Crippen LogP contribution in [-0.4, -0.2) is 23.1 Å². The van der Waals surface area contributed by atoms with E-state index in [1.165, 1.54) is 12.8 Å². The lowest BCUT2D eigenvalue weighted by atomic mass is 10.2. The van der Waals surface area contributed by atoms with Gasteiger partial charge in [-0.15, -0.1) is 0 Å². The van der Waals surface area contributed by atoms with Crippen LogP contribution in [0.5, 0.6) is 0 Å². The summed E-state index contributed by atoms with van der Waals surface area (Å²) in [6, 6.07) is 2.47. The molecule has 1 aromatic rings. The maximum absolute atomic E-state index is 4.42. The largest absolute Gasteiger partial charge is 0.357 e. The van der Waals surface area contributed by atoms with Gasteiger partial charge in [0, 0.05) is 19.2 Å². The SMILES string of the molecule is CCCC(C)N(C)c1cc(Br)nc(C)n1. The third-order valence-electron chi connectivity index (χ3n) is 2.52. The molecule has 0 saturated heterocycles. The number of aryl methyl sites for hydroxylation is 1. The lowest BCUT2D eigenvalue weighted by Crippen LogP contribution is -2.29. The zero-order valence-electron chi connectivity index (χ0n) is 9.79. The summed E-state index contributed by atoms with van der Waals surface area (Å²) in [7, 11) is 2.08. The van der Waals surface area contributed by atoms with Gasteiger partial charge in [0.25, 0.3) is 0 Å². The summed E-state index contributed by atoms with van der Waals surface area (Å²) in [6.07, 6.45) is 2.37. The quantitative estimate of drug-likeness (QED) is 0.788. The fourth-order valence-electron chi connectivity index (χ4n) is 1.53. The van der Waals surface area contributed by atoms with Gasteiger partial charge in [-0.25, -0.2) is 9.97 Å². The number of nitrogens with zero attached hydrogens (tertiary/aromatic N) is 3. The first-order chi connectivity index (χ1) is 7.04. The maximum atomic E-state index is 4.42. The minimum Gasteiger partial charge on any atom is -0.357 e. The van der Waals surface area contributed by atoms with Crippen LogP contribution >= 0.6 is 15.9 Å². The summed E-state index contributed by atoms with van der Waals surface area (Å²) < 4.78 is 0.848. The highest BCUT2D eigenvalue weighted by molar-refractivity contribution is 9.10. The fourth-order valence-corrected chi connectivity index (χ4v) is 2.00. The zero-order valence-corrected chi connectivity index (χ0v) is 11.4. The summed E-state index contributed by atoms with van der Waals surface area (Å²) in [6.45, 7) is 6.33. The molecule has 1 rings (SSSR count). The van der Waals surface area contributed by atoms with E-state index in [1.54, 1.807) is 0 Å². The van der Waals surface area contributed by atoms with Crippen molar-refractivity contribution in [2.45, 2.75) is 39.7 Å². The van der Waals surface area contributed by atoms with Gasteiger partial charge in [0.15, 0.2) is 0 Å². The van der Waals surface area contributed by atoms with Gasteiger partial charge >= 0.3 is 0 Å². The molecular weight excluding hydrogens is 254 g/mol. The standard InChI is InChI=1S/C11H18BrN3/c1-5-6-8(2)15(4)11-7-10(12)13-9(3)14-11/h7-8H,5-6H2,1-4H3. The summed E-state index contributed by atoms with van der Waals surface area (Å²) in [4.78, 5) is 10.8. The van der Waals surface area contributed by atoms with E-state index in [0.29, 0.717) is 6.04 Å². The van der Waals surface area contributed by atoms with Crippen LogP contribution in [0.1, 0.15) is 32.5 Å². The molecule has 0 aliphatic carbocycles. The van der Waals surface area contributed by atoms with Gasteiger partial charge in [-0.1, -0.05) is 13.3 Å². The minimum atomic E-state index is 0.510. The first kappa shape index (κ1) is 12.4. The van der Waals surface area contributed by atoms with Crippen molar-refractivity contribution in [1.82, 2.24) is 9.97 Å². The summed E-state index contributed by atoms with van der Waals surface area (Å²) >= 11 is 3.39. The van der Waals surface area contributed by atoms with E-state index < -0.39 is 0 Å². The molecule has 1 heterocycles. The molecule has 0 bridgehead atoms. The molecule has 1 atom stereocenters. The molecule has 4 heteroatoms. The molecule has 1 aromatic heterocycles. The molecule has 0 radical (unpaired) electrons. The topological polar surface area (TPSA) is 29.0 Å². The van der Waals surface area contributed by atoms with Crippen LogP contribution in [0.3, 0.4) is 0 Å². The smallest absolute Gasteiger partial charge is 0.133 e. The predicted molar refractivity (Wildman–Crippen MR) is 67.2 cm³/mol. The van der Waals surface area contributed by atoms with Crippen LogP contribution < -0.4 is 4.90 Å². The Kier molecular flexibility index (Phi) is 4.51. The number of anilines is 1. The number of rotatable bonds is 4. The second-order valence-electron chi connectivity index (χ2n) is 3.84. The van der Waals surface area contributed by atoms with Crippen LogP contribution in [0.25, 0.3) is 0 Å². The summed E-state index contributed by atoms with van der Waals surface area (Å²) in [5.74, 6) is 1.78. The Hall–Kier alpha value is -0.640. The minimum absolute atomic E-state index is 0.510. The average molecular weight is 272 g/mol. The van der Waals surface area contributed by atoms with E-state index in [2.05, 4.69) is 51.7 Å². The highest BCUT2D eigenvalue weighted by atomic mass is 79.9. The summed E-state index contributed by atoms with van der Waals surface area (Å²) in [5, 5.41) is 0. The van der Waals surface area contributed by atoms with Gasteiger partial charge in [0.1, 0.15) is 16.2 Å². The Morgan fingerprint density at radius 1 is 1.47 bits per heavy atom. The number of halogens is 1. The predicted octanol–water partition coefficient (Wildman–Crippen LogP) is 3.17. The molecular formula is C11H18BrN3. The molecule has 0 amide bonds. The first-order valence-corrected chi connectivity index (χ1v) is 6.08. The molecule has 0 saturated carbocycles. The van der Waals surface area contributed by atoms with E-state index in [4.69, 9.17) is 0 Å². The Morgan fingerprint density at radius 2 is 2.13 bits per heavy atom. The van der Waals surface area contributed by atoms with Gasteiger partial charge in [0.05, 0.1) is 0 Å². The number of hydrogen-bond acceptors (Lipinski definition) is 3. The van der Waals surface area contributed by atoms with Crippen molar-refractivity contribution in [3.05, 3.63) is 16.5 Å². The molecule has 0 aromatic carbocycles. The van der Waals surface area contributed by atoms with Crippen molar-refractivity contribution in [2.24, 2.45) is 0 Å². The van der Waals surface area contributed by atoms with Gasteiger partial charge in [0.2, 0.25) is 0 Å². The highest BCUT2D eigenvalue weighted by Gasteiger charge is 2.11. The molecule has 84 valence electrons. The molecule has 0 N–H and O–H groups in total. The molecule has 3 nitrogen and oxygen atoms in total. The van der Waals surface area contributed by atoms with Gasteiger partial charge < -0.3 is 4.90 Å². The van der Waals surface area contributed by atoms with Crippen molar-refractivity contribution in [3.8, 4) is 0 Å². The highest BCUT2D eigenvalue weighted by Crippen LogP contribution is 2.18. The molecule has 1 unspecified atom stereocenters. The molecule has 0 spiro atoms. The zero-order chi connectivity index (χ0) is 11.4. The Bertz CT molecular complexity index is 307. The number of hydrogen-bond donors (Lipinski definition) is 0. The molecule has 0 aliphatic heterocycles. The Balaban J connectivity index is 2.85. The van der Waals surface area contributed by atoms with Crippen LogP contribution in [-0.2, 0) is 0 Å². The molecule has 15 heavy (non-hydrogen) atoms. The monoisotopic (exact) mass is 271 g/mol. The van der Waals surface area contributed by atoms with Crippen molar-refractivity contribution in [1.29, 1.82) is 0 Å². The van der Waals surface area contributed by atoms with Crippen molar-refractivity contribution >= 4 is 21.7 Å². The van der Waals surface area contributed by atoms with E-state index >= 15 is 0 Å². The van der Waals surface area contributed by atoms with Crippen LogP contribution in [0.2, 0.25) is 0 Å². The van der Waals surface area contributed by atoms with Gasteiger partial charge in [-0.2, -0.15) is 0 Å². The van der Waals surface area contributed by atoms with E-state index in [0.717, 1.165) is 16.2 Å². The van der Waals surface area contributed by atoms with Gasteiger partial charge in [-0.3, -0.25) is 0 Å². The van der Waals surface area contributed by atoms with Crippen molar-refractivity contribution in [3.63, 3.8) is 0 Å². The van der Waals surface area contributed by atoms with Crippen LogP contribution in [0, 0.1) is 6.92 Å². The third kappa shape index (κ3) is 3.45. The van der Waals surface area contributed by atoms with E-state index in [-0.39, 0.29) is 0 Å². The third-order valence-corrected chi connectivity index (χ3v) is 2.93. The molecule has 0 aliphatic rings. The van der Waals surface area contributed by atoms with Crippen LogP contribution in [0.4, 0.5) is 5.82 Å².